The fourth-order valence-electron chi connectivity index (χ4n) is 2.49. The van der Waals surface area contributed by atoms with E-state index < -0.39 is 5.91 Å². The highest BCUT2D eigenvalue weighted by Crippen LogP contribution is 2.25. The summed E-state index contributed by atoms with van der Waals surface area (Å²) in [5.74, 6) is -0.715. The van der Waals surface area contributed by atoms with E-state index in [9.17, 15) is 9.59 Å². The Bertz CT molecular complexity index is 709. The number of hydrogen-bond donors (Lipinski definition) is 2. The topological polar surface area (TPSA) is 84.7 Å². The normalized spacial score (nSPS) is 14.5. The van der Waals surface area contributed by atoms with Gasteiger partial charge in [0.2, 0.25) is 0 Å². The number of rotatable bonds is 4. The molecule has 0 spiro atoms. The molecule has 23 heavy (non-hydrogen) atoms. The number of carbonyl (C=O) groups excluding carboxylic acids is 2. The van der Waals surface area contributed by atoms with Crippen LogP contribution in [0.5, 0.6) is 0 Å². The maximum absolute atomic E-state index is 12.1. The molecule has 1 aromatic heterocycles. The molecule has 3 N–H and O–H groups in total. The summed E-state index contributed by atoms with van der Waals surface area (Å²) in [7, 11) is 0. The molecular weight excluding hydrogens is 314 g/mol. The summed E-state index contributed by atoms with van der Waals surface area (Å²) in [5, 5.41) is 4.63. The number of morpholine rings is 1. The fourth-order valence-corrected chi connectivity index (χ4v) is 3.11. The summed E-state index contributed by atoms with van der Waals surface area (Å²) >= 11 is 1.36. The maximum atomic E-state index is 12.1. The van der Waals surface area contributed by atoms with E-state index >= 15 is 0 Å². The number of nitrogens with zero attached hydrogens (tertiary/aromatic N) is 1. The van der Waals surface area contributed by atoms with Crippen molar-refractivity contribution in [3.05, 3.63) is 46.2 Å². The Hall–Kier alpha value is -2.38. The highest BCUT2D eigenvalue weighted by Gasteiger charge is 2.18. The van der Waals surface area contributed by atoms with Gasteiger partial charge < -0.3 is 20.7 Å². The standard InChI is InChI=1S/C16H17N3O3S/c17-15(20)12-10-11(18-16(21)14-2-1-9-23-14)3-4-13(12)19-5-7-22-8-6-19/h1-4,9-10H,5-8H2,(H2,17,20)(H,18,21). The molecule has 1 fully saturated rings. The second-order valence-corrected chi connectivity index (χ2v) is 6.07. The molecule has 1 aliphatic heterocycles. The first-order chi connectivity index (χ1) is 11.1. The van der Waals surface area contributed by atoms with E-state index in [0.29, 0.717) is 42.4 Å². The van der Waals surface area contributed by atoms with Crippen LogP contribution in [-0.4, -0.2) is 38.1 Å². The van der Waals surface area contributed by atoms with Gasteiger partial charge in [0.15, 0.2) is 0 Å². The van der Waals surface area contributed by atoms with Crippen molar-refractivity contribution in [2.45, 2.75) is 0 Å². The zero-order valence-corrected chi connectivity index (χ0v) is 13.3. The molecular formula is C16H17N3O3S. The molecule has 0 unspecified atom stereocenters. The average Bonchev–Trinajstić information content (AvgIpc) is 3.10. The lowest BCUT2D eigenvalue weighted by Gasteiger charge is -2.30. The predicted octanol–water partition coefficient (Wildman–Crippen LogP) is 1.94. The van der Waals surface area contributed by atoms with Crippen LogP contribution in [0.3, 0.4) is 0 Å². The molecule has 2 aromatic rings. The number of hydrogen-bond acceptors (Lipinski definition) is 5. The average molecular weight is 331 g/mol. The molecule has 0 radical (unpaired) electrons. The monoisotopic (exact) mass is 331 g/mol. The number of primary amides is 1. The summed E-state index contributed by atoms with van der Waals surface area (Å²) in [6.45, 7) is 2.66. The van der Waals surface area contributed by atoms with Crippen molar-refractivity contribution in [1.29, 1.82) is 0 Å². The van der Waals surface area contributed by atoms with E-state index in [2.05, 4.69) is 10.2 Å². The van der Waals surface area contributed by atoms with Crippen molar-refractivity contribution in [2.24, 2.45) is 5.73 Å². The van der Waals surface area contributed by atoms with Crippen molar-refractivity contribution in [2.75, 3.05) is 36.5 Å². The van der Waals surface area contributed by atoms with Crippen LogP contribution >= 0.6 is 11.3 Å². The van der Waals surface area contributed by atoms with Crippen LogP contribution in [0.25, 0.3) is 0 Å². The zero-order valence-electron chi connectivity index (χ0n) is 12.5. The number of carbonyl (C=O) groups is 2. The Morgan fingerprint density at radius 3 is 2.65 bits per heavy atom. The summed E-state index contributed by atoms with van der Waals surface area (Å²) in [6.07, 6.45) is 0. The first kappa shape index (κ1) is 15.5. The second kappa shape index (κ2) is 6.80. The van der Waals surface area contributed by atoms with E-state index in [1.54, 1.807) is 18.2 Å². The summed E-state index contributed by atoms with van der Waals surface area (Å²) in [6, 6.07) is 8.78. The highest BCUT2D eigenvalue weighted by atomic mass is 32.1. The number of ether oxygens (including phenoxy) is 1. The van der Waals surface area contributed by atoms with E-state index in [-0.39, 0.29) is 5.91 Å². The molecule has 6 nitrogen and oxygen atoms in total. The lowest BCUT2D eigenvalue weighted by atomic mass is 10.1. The first-order valence-electron chi connectivity index (χ1n) is 7.26. The van der Waals surface area contributed by atoms with Crippen molar-refractivity contribution >= 4 is 34.5 Å². The van der Waals surface area contributed by atoms with Gasteiger partial charge in [-0.15, -0.1) is 11.3 Å². The summed E-state index contributed by atoms with van der Waals surface area (Å²) < 4.78 is 5.33. The number of anilines is 2. The third-order valence-electron chi connectivity index (χ3n) is 3.62. The molecule has 2 amide bonds. The molecule has 1 saturated heterocycles. The van der Waals surface area contributed by atoms with Gasteiger partial charge in [-0.2, -0.15) is 0 Å². The fraction of sp³-hybridized carbons (Fsp3) is 0.250. The molecule has 0 saturated carbocycles. The van der Waals surface area contributed by atoms with Gasteiger partial charge in [0, 0.05) is 24.5 Å². The van der Waals surface area contributed by atoms with Crippen LogP contribution < -0.4 is 16.0 Å². The SMILES string of the molecule is NC(=O)c1cc(NC(=O)c2cccs2)ccc1N1CCOCC1. The van der Waals surface area contributed by atoms with Crippen molar-refractivity contribution in [1.82, 2.24) is 0 Å². The molecule has 1 aromatic carbocycles. The number of benzene rings is 1. The smallest absolute Gasteiger partial charge is 0.265 e. The van der Waals surface area contributed by atoms with E-state index in [1.165, 1.54) is 11.3 Å². The minimum Gasteiger partial charge on any atom is -0.378 e. The van der Waals surface area contributed by atoms with E-state index in [4.69, 9.17) is 10.5 Å². The molecule has 2 heterocycles. The predicted molar refractivity (Wildman–Crippen MR) is 90.3 cm³/mol. The number of thiophene rings is 1. The third kappa shape index (κ3) is 3.52. The summed E-state index contributed by atoms with van der Waals surface area (Å²) in [5.41, 5.74) is 7.23. The van der Waals surface area contributed by atoms with Crippen LogP contribution in [0, 0.1) is 0 Å². The number of amides is 2. The second-order valence-electron chi connectivity index (χ2n) is 5.13. The Morgan fingerprint density at radius 1 is 1.22 bits per heavy atom. The van der Waals surface area contributed by atoms with Gasteiger partial charge in [-0.05, 0) is 29.6 Å². The quantitative estimate of drug-likeness (QED) is 0.896. The Kier molecular flexibility index (Phi) is 4.59. The lowest BCUT2D eigenvalue weighted by Crippen LogP contribution is -2.37. The van der Waals surface area contributed by atoms with Crippen LogP contribution in [0.4, 0.5) is 11.4 Å². The van der Waals surface area contributed by atoms with Gasteiger partial charge in [-0.25, -0.2) is 0 Å². The minimum absolute atomic E-state index is 0.199. The van der Waals surface area contributed by atoms with Crippen LogP contribution in [0.15, 0.2) is 35.7 Å². The van der Waals surface area contributed by atoms with Crippen LogP contribution in [-0.2, 0) is 4.74 Å². The van der Waals surface area contributed by atoms with Crippen LogP contribution in [0.2, 0.25) is 0 Å². The molecule has 7 heteroatoms. The molecule has 3 rings (SSSR count). The lowest BCUT2D eigenvalue weighted by molar-refractivity contribution is 0.0995. The maximum Gasteiger partial charge on any atom is 0.265 e. The van der Waals surface area contributed by atoms with Gasteiger partial charge in [-0.3, -0.25) is 9.59 Å². The zero-order chi connectivity index (χ0) is 16.2. The number of nitrogens with one attached hydrogen (secondary N) is 1. The van der Waals surface area contributed by atoms with Gasteiger partial charge in [-0.1, -0.05) is 6.07 Å². The van der Waals surface area contributed by atoms with Gasteiger partial charge >= 0.3 is 0 Å². The minimum atomic E-state index is -0.515. The van der Waals surface area contributed by atoms with Gasteiger partial charge in [0.05, 0.1) is 23.7 Å². The van der Waals surface area contributed by atoms with Gasteiger partial charge in [0.1, 0.15) is 0 Å². The van der Waals surface area contributed by atoms with Crippen molar-refractivity contribution in [3.8, 4) is 0 Å². The van der Waals surface area contributed by atoms with E-state index in [0.717, 1.165) is 5.69 Å². The van der Waals surface area contributed by atoms with Gasteiger partial charge in [0.25, 0.3) is 11.8 Å². The first-order valence-corrected chi connectivity index (χ1v) is 8.14. The molecule has 1 aliphatic rings. The van der Waals surface area contributed by atoms with Crippen molar-refractivity contribution < 1.29 is 14.3 Å². The highest BCUT2D eigenvalue weighted by molar-refractivity contribution is 7.12. The van der Waals surface area contributed by atoms with E-state index in [1.807, 2.05) is 17.5 Å². The number of nitrogens with two attached hydrogens (primary N) is 1. The Morgan fingerprint density at radius 2 is 2.00 bits per heavy atom. The summed E-state index contributed by atoms with van der Waals surface area (Å²) in [4.78, 5) is 26.6. The third-order valence-corrected chi connectivity index (χ3v) is 4.49. The van der Waals surface area contributed by atoms with Crippen molar-refractivity contribution in [3.63, 3.8) is 0 Å². The molecule has 120 valence electrons. The molecule has 0 aliphatic carbocycles. The molecule has 0 bridgehead atoms. The molecule has 0 atom stereocenters. The Labute approximate surface area is 137 Å². The largest absolute Gasteiger partial charge is 0.378 e. The Balaban J connectivity index is 1.84. The van der Waals surface area contributed by atoms with Crippen LogP contribution in [0.1, 0.15) is 20.0 Å².